The third-order valence-electron chi connectivity index (χ3n) is 2.77. The van der Waals surface area contributed by atoms with Crippen molar-refractivity contribution in [1.82, 2.24) is 0 Å². The number of aryl methyl sites for hydroxylation is 1. The van der Waals surface area contributed by atoms with Gasteiger partial charge >= 0.3 is 0 Å². The highest BCUT2D eigenvalue weighted by atomic mass is 79.9. The average Bonchev–Trinajstić information content (AvgIpc) is 2.40. The van der Waals surface area contributed by atoms with E-state index in [-0.39, 0.29) is 5.84 Å². The van der Waals surface area contributed by atoms with Crippen LogP contribution in [0.15, 0.2) is 46.9 Å². The molecular weight excluding hydrogens is 304 g/mol. The van der Waals surface area contributed by atoms with E-state index in [0.717, 1.165) is 21.3 Å². The van der Waals surface area contributed by atoms with Gasteiger partial charge in [-0.15, -0.1) is 0 Å². The van der Waals surface area contributed by atoms with Crippen LogP contribution < -0.4 is 10.5 Å². The van der Waals surface area contributed by atoms with Crippen LogP contribution in [0.1, 0.15) is 16.7 Å². The maximum atomic E-state index is 7.41. The van der Waals surface area contributed by atoms with E-state index in [4.69, 9.17) is 15.9 Å². The van der Waals surface area contributed by atoms with Gasteiger partial charge in [0.05, 0.1) is 0 Å². The summed E-state index contributed by atoms with van der Waals surface area (Å²) in [5, 5.41) is 7.41. The molecule has 0 aromatic heterocycles. The van der Waals surface area contributed by atoms with E-state index in [2.05, 4.69) is 15.9 Å². The van der Waals surface area contributed by atoms with Gasteiger partial charge < -0.3 is 10.5 Å². The van der Waals surface area contributed by atoms with Crippen molar-refractivity contribution in [2.45, 2.75) is 13.5 Å². The van der Waals surface area contributed by atoms with Crippen LogP contribution >= 0.6 is 15.9 Å². The molecule has 0 fully saturated rings. The number of amidine groups is 1. The molecule has 4 heteroatoms. The van der Waals surface area contributed by atoms with Crippen LogP contribution in [0.5, 0.6) is 5.75 Å². The van der Waals surface area contributed by atoms with Gasteiger partial charge in [-0.1, -0.05) is 34.1 Å². The summed E-state index contributed by atoms with van der Waals surface area (Å²) in [5.41, 5.74) is 8.31. The largest absolute Gasteiger partial charge is 0.489 e. The molecule has 3 N–H and O–H groups in total. The molecule has 0 aliphatic heterocycles. The van der Waals surface area contributed by atoms with Crippen molar-refractivity contribution in [3.63, 3.8) is 0 Å². The molecule has 0 saturated carbocycles. The van der Waals surface area contributed by atoms with Gasteiger partial charge in [0.1, 0.15) is 18.2 Å². The zero-order valence-corrected chi connectivity index (χ0v) is 12.2. The molecule has 98 valence electrons. The second kappa shape index (κ2) is 5.89. The topological polar surface area (TPSA) is 59.1 Å². The smallest absolute Gasteiger partial charge is 0.122 e. The second-order valence-electron chi connectivity index (χ2n) is 4.31. The van der Waals surface area contributed by atoms with E-state index >= 15 is 0 Å². The predicted octanol–water partition coefficient (Wildman–Crippen LogP) is 3.62. The standard InChI is InChI=1S/C15H15BrN2O/c1-10-7-13(5-6-14(10)16)19-9-11-3-2-4-12(8-11)15(17)18/h2-8H,9H2,1H3,(H3,17,18). The maximum Gasteiger partial charge on any atom is 0.122 e. The minimum Gasteiger partial charge on any atom is -0.489 e. The van der Waals surface area contributed by atoms with Crippen molar-refractivity contribution in [2.24, 2.45) is 5.73 Å². The maximum absolute atomic E-state index is 7.41. The van der Waals surface area contributed by atoms with Gasteiger partial charge in [-0.3, -0.25) is 5.41 Å². The summed E-state index contributed by atoms with van der Waals surface area (Å²) in [7, 11) is 0. The van der Waals surface area contributed by atoms with Crippen LogP contribution in [0.2, 0.25) is 0 Å². The first-order chi connectivity index (χ1) is 9.06. The first-order valence-electron chi connectivity index (χ1n) is 5.88. The summed E-state index contributed by atoms with van der Waals surface area (Å²) >= 11 is 3.46. The fourth-order valence-electron chi connectivity index (χ4n) is 1.70. The number of ether oxygens (including phenoxy) is 1. The van der Waals surface area contributed by atoms with Crippen LogP contribution in [0, 0.1) is 12.3 Å². The van der Waals surface area contributed by atoms with Gasteiger partial charge in [0, 0.05) is 10.0 Å². The average molecular weight is 319 g/mol. The molecule has 0 saturated heterocycles. The normalized spacial score (nSPS) is 10.2. The lowest BCUT2D eigenvalue weighted by Gasteiger charge is -2.09. The van der Waals surface area contributed by atoms with Crippen molar-refractivity contribution >= 4 is 21.8 Å². The molecule has 2 rings (SSSR count). The summed E-state index contributed by atoms with van der Waals surface area (Å²) in [6, 6.07) is 13.4. The molecule has 2 aromatic rings. The molecular formula is C15H15BrN2O. The Balaban J connectivity index is 2.07. The number of rotatable bonds is 4. The Hall–Kier alpha value is -1.81. The van der Waals surface area contributed by atoms with Crippen molar-refractivity contribution < 1.29 is 4.74 Å². The number of nitrogens with one attached hydrogen (secondary N) is 1. The Labute approximate surface area is 121 Å². The molecule has 0 spiro atoms. The van der Waals surface area contributed by atoms with E-state index in [9.17, 15) is 0 Å². The number of nitrogen functional groups attached to an aromatic ring is 1. The Morgan fingerprint density at radius 3 is 2.74 bits per heavy atom. The molecule has 0 unspecified atom stereocenters. The van der Waals surface area contributed by atoms with Gasteiger partial charge in [0.2, 0.25) is 0 Å². The summed E-state index contributed by atoms with van der Waals surface area (Å²) in [6.45, 7) is 2.48. The van der Waals surface area contributed by atoms with Gasteiger partial charge in [-0.25, -0.2) is 0 Å². The molecule has 19 heavy (non-hydrogen) atoms. The van der Waals surface area contributed by atoms with Crippen LogP contribution in [0.4, 0.5) is 0 Å². The highest BCUT2D eigenvalue weighted by molar-refractivity contribution is 9.10. The fourth-order valence-corrected chi connectivity index (χ4v) is 1.95. The molecule has 0 aliphatic carbocycles. The summed E-state index contributed by atoms with van der Waals surface area (Å²) in [5.74, 6) is 0.898. The highest BCUT2D eigenvalue weighted by Gasteiger charge is 2.01. The number of halogens is 1. The predicted molar refractivity (Wildman–Crippen MR) is 80.7 cm³/mol. The minimum atomic E-state index is 0.0707. The van der Waals surface area contributed by atoms with Crippen molar-refractivity contribution in [1.29, 1.82) is 5.41 Å². The van der Waals surface area contributed by atoms with E-state index in [0.29, 0.717) is 12.2 Å². The van der Waals surface area contributed by atoms with E-state index < -0.39 is 0 Å². The number of nitrogens with two attached hydrogens (primary N) is 1. The second-order valence-corrected chi connectivity index (χ2v) is 5.17. The number of hydrogen-bond donors (Lipinski definition) is 2. The Morgan fingerprint density at radius 2 is 2.05 bits per heavy atom. The summed E-state index contributed by atoms with van der Waals surface area (Å²) in [6.07, 6.45) is 0. The highest BCUT2D eigenvalue weighted by Crippen LogP contribution is 2.22. The molecule has 0 amide bonds. The van der Waals surface area contributed by atoms with Crippen molar-refractivity contribution in [3.8, 4) is 5.75 Å². The SMILES string of the molecule is Cc1cc(OCc2cccc(C(=N)N)c2)ccc1Br. The van der Waals surface area contributed by atoms with Crippen LogP contribution in [-0.2, 0) is 6.61 Å². The van der Waals surface area contributed by atoms with Gasteiger partial charge in [0.25, 0.3) is 0 Å². The lowest BCUT2D eigenvalue weighted by Crippen LogP contribution is -2.11. The fraction of sp³-hybridized carbons (Fsp3) is 0.133. The summed E-state index contributed by atoms with van der Waals surface area (Å²) < 4.78 is 6.80. The van der Waals surface area contributed by atoms with E-state index in [1.165, 1.54) is 0 Å². The van der Waals surface area contributed by atoms with Crippen LogP contribution in [-0.4, -0.2) is 5.84 Å². The lowest BCUT2D eigenvalue weighted by molar-refractivity contribution is 0.306. The molecule has 0 aliphatic rings. The molecule has 0 bridgehead atoms. The third-order valence-corrected chi connectivity index (χ3v) is 3.66. The molecule has 0 radical (unpaired) electrons. The number of benzene rings is 2. The van der Waals surface area contributed by atoms with E-state index in [1.807, 2.05) is 49.4 Å². The lowest BCUT2D eigenvalue weighted by atomic mass is 10.1. The zero-order valence-electron chi connectivity index (χ0n) is 10.6. The minimum absolute atomic E-state index is 0.0707. The van der Waals surface area contributed by atoms with Crippen LogP contribution in [0.3, 0.4) is 0 Å². The Kier molecular flexibility index (Phi) is 4.22. The quantitative estimate of drug-likeness (QED) is 0.668. The first-order valence-corrected chi connectivity index (χ1v) is 6.68. The Morgan fingerprint density at radius 1 is 1.26 bits per heavy atom. The Bertz CT molecular complexity index is 611. The summed E-state index contributed by atoms with van der Waals surface area (Å²) in [4.78, 5) is 0. The van der Waals surface area contributed by atoms with Gasteiger partial charge in [-0.05, 0) is 42.3 Å². The van der Waals surface area contributed by atoms with Gasteiger partial charge in [-0.2, -0.15) is 0 Å². The van der Waals surface area contributed by atoms with Crippen molar-refractivity contribution in [3.05, 3.63) is 63.6 Å². The molecule has 0 atom stereocenters. The molecule has 3 nitrogen and oxygen atoms in total. The van der Waals surface area contributed by atoms with Gasteiger partial charge in [0.15, 0.2) is 0 Å². The van der Waals surface area contributed by atoms with Crippen LogP contribution in [0.25, 0.3) is 0 Å². The third kappa shape index (κ3) is 3.58. The first kappa shape index (κ1) is 13.6. The monoisotopic (exact) mass is 318 g/mol. The zero-order chi connectivity index (χ0) is 13.8. The molecule has 2 aromatic carbocycles. The molecule has 0 heterocycles. The van der Waals surface area contributed by atoms with E-state index in [1.54, 1.807) is 0 Å². The van der Waals surface area contributed by atoms with Crippen molar-refractivity contribution in [2.75, 3.05) is 0 Å². The number of hydrogen-bond acceptors (Lipinski definition) is 2.